The van der Waals surface area contributed by atoms with Crippen LogP contribution in [0.2, 0.25) is 0 Å². The Labute approximate surface area is 197 Å². The Morgan fingerprint density at radius 1 is 0.941 bits per heavy atom. The fourth-order valence-electron chi connectivity index (χ4n) is 6.15. The highest BCUT2D eigenvalue weighted by Crippen LogP contribution is 2.46. The first kappa shape index (κ1) is 21.3. The molecular formula is C28H28F2N4. The highest BCUT2D eigenvalue weighted by atomic mass is 19.1. The van der Waals surface area contributed by atoms with E-state index in [9.17, 15) is 8.78 Å². The lowest BCUT2D eigenvalue weighted by molar-refractivity contribution is 0.0928. The summed E-state index contributed by atoms with van der Waals surface area (Å²) >= 11 is 0. The van der Waals surface area contributed by atoms with Crippen LogP contribution in [0.4, 0.5) is 14.6 Å². The number of nitrogens with zero attached hydrogens (tertiary/aromatic N) is 2. The quantitative estimate of drug-likeness (QED) is 0.342. The highest BCUT2D eigenvalue weighted by molar-refractivity contribution is 5.94. The second-order valence-corrected chi connectivity index (χ2v) is 9.99. The average molecular weight is 459 g/mol. The number of benzene rings is 2. The minimum absolute atomic E-state index is 0.258. The molecule has 2 bridgehead atoms. The molecule has 2 N–H and O–H groups in total. The fourth-order valence-corrected chi connectivity index (χ4v) is 6.15. The lowest BCUT2D eigenvalue weighted by Gasteiger charge is -2.47. The monoisotopic (exact) mass is 458 g/mol. The Bertz CT molecular complexity index is 1370. The van der Waals surface area contributed by atoms with Crippen molar-refractivity contribution in [3.63, 3.8) is 0 Å². The molecule has 0 spiro atoms. The van der Waals surface area contributed by atoms with Gasteiger partial charge in [0, 0.05) is 40.9 Å². The van der Waals surface area contributed by atoms with Gasteiger partial charge in [-0.3, -0.25) is 0 Å². The number of aromatic amines is 1. The van der Waals surface area contributed by atoms with Crippen LogP contribution in [0, 0.1) is 36.3 Å². The van der Waals surface area contributed by atoms with Crippen LogP contribution in [0.5, 0.6) is 0 Å². The SMILES string of the molecule is Cc1ccccc1-c1cc(N[C@H]2C3CCC(CC3)[C@@H]2C)nc(-c2c[nH]c3c(F)cc(F)cc23)n1. The van der Waals surface area contributed by atoms with E-state index in [0.29, 0.717) is 34.7 Å². The van der Waals surface area contributed by atoms with Crippen molar-refractivity contribution < 1.29 is 8.78 Å². The summed E-state index contributed by atoms with van der Waals surface area (Å²) in [4.78, 5) is 12.7. The smallest absolute Gasteiger partial charge is 0.164 e. The van der Waals surface area contributed by atoms with E-state index < -0.39 is 11.6 Å². The van der Waals surface area contributed by atoms with Gasteiger partial charge >= 0.3 is 0 Å². The molecule has 2 heterocycles. The molecule has 3 fully saturated rings. The summed E-state index contributed by atoms with van der Waals surface area (Å²) in [6.45, 7) is 4.41. The van der Waals surface area contributed by atoms with E-state index in [1.54, 1.807) is 6.20 Å². The molecule has 3 saturated carbocycles. The molecule has 7 rings (SSSR count). The topological polar surface area (TPSA) is 53.6 Å². The number of aromatic nitrogens is 3. The second-order valence-electron chi connectivity index (χ2n) is 9.99. The Balaban J connectivity index is 1.48. The maximum atomic E-state index is 14.4. The Kier molecular flexibility index (Phi) is 5.12. The Hall–Kier alpha value is -3.28. The first-order valence-electron chi connectivity index (χ1n) is 12.2. The van der Waals surface area contributed by atoms with Gasteiger partial charge in [0.1, 0.15) is 17.5 Å². The molecule has 2 aromatic heterocycles. The summed E-state index contributed by atoms with van der Waals surface area (Å²) in [5.41, 5.74) is 3.77. The summed E-state index contributed by atoms with van der Waals surface area (Å²) in [6.07, 6.45) is 6.82. The summed E-state index contributed by atoms with van der Waals surface area (Å²) in [5, 5.41) is 4.20. The summed E-state index contributed by atoms with van der Waals surface area (Å²) in [7, 11) is 0. The molecule has 6 heteroatoms. The van der Waals surface area contributed by atoms with Gasteiger partial charge in [-0.15, -0.1) is 0 Å². The van der Waals surface area contributed by atoms with Crippen molar-refractivity contribution in [3.05, 3.63) is 65.9 Å². The zero-order chi connectivity index (χ0) is 23.4. The largest absolute Gasteiger partial charge is 0.367 e. The Morgan fingerprint density at radius 3 is 2.47 bits per heavy atom. The third-order valence-electron chi connectivity index (χ3n) is 8.04. The van der Waals surface area contributed by atoms with Crippen molar-refractivity contribution in [3.8, 4) is 22.6 Å². The minimum Gasteiger partial charge on any atom is -0.367 e. The maximum absolute atomic E-state index is 14.4. The molecule has 4 nitrogen and oxygen atoms in total. The first-order chi connectivity index (χ1) is 16.5. The van der Waals surface area contributed by atoms with Crippen molar-refractivity contribution in [2.24, 2.45) is 17.8 Å². The van der Waals surface area contributed by atoms with Gasteiger partial charge in [0.25, 0.3) is 0 Å². The van der Waals surface area contributed by atoms with Gasteiger partial charge in [0.15, 0.2) is 5.82 Å². The molecule has 174 valence electrons. The van der Waals surface area contributed by atoms with E-state index in [0.717, 1.165) is 34.6 Å². The maximum Gasteiger partial charge on any atom is 0.164 e. The van der Waals surface area contributed by atoms with E-state index in [1.165, 1.54) is 31.7 Å². The molecule has 0 amide bonds. The van der Waals surface area contributed by atoms with Crippen LogP contribution in [-0.2, 0) is 0 Å². The third kappa shape index (κ3) is 3.56. The number of halogens is 2. The fraction of sp³-hybridized carbons (Fsp3) is 0.357. The van der Waals surface area contributed by atoms with Crippen LogP contribution in [0.3, 0.4) is 0 Å². The number of fused-ring (bicyclic) bond motifs is 4. The van der Waals surface area contributed by atoms with Gasteiger partial charge < -0.3 is 10.3 Å². The molecule has 0 aliphatic heterocycles. The molecule has 34 heavy (non-hydrogen) atoms. The number of rotatable bonds is 4. The first-order valence-corrected chi connectivity index (χ1v) is 12.2. The zero-order valence-electron chi connectivity index (χ0n) is 19.4. The van der Waals surface area contributed by atoms with E-state index in [1.807, 2.05) is 24.3 Å². The zero-order valence-corrected chi connectivity index (χ0v) is 19.4. The summed E-state index contributed by atoms with van der Waals surface area (Å²) in [5.74, 6) is 1.97. The standard InChI is InChI=1S/C28H28F2N4/c1-15-5-3-4-6-20(15)24-13-25(33-26-16(2)17-7-9-18(26)10-8-17)34-28(32-24)22-14-31-27-21(22)11-19(29)12-23(27)30/h3-6,11-14,16-18,26,31H,7-10H2,1-2H3,(H,32,33,34)/t16-,17?,18?,26+/m0/s1. The molecule has 0 radical (unpaired) electrons. The van der Waals surface area contributed by atoms with Crippen molar-refractivity contribution >= 4 is 16.7 Å². The van der Waals surface area contributed by atoms with Crippen LogP contribution in [0.15, 0.2) is 48.7 Å². The average Bonchev–Trinajstić information content (AvgIpc) is 3.26. The molecule has 4 aromatic rings. The van der Waals surface area contributed by atoms with E-state index in [4.69, 9.17) is 9.97 Å². The lowest BCUT2D eigenvalue weighted by atomic mass is 9.62. The van der Waals surface area contributed by atoms with E-state index >= 15 is 0 Å². The van der Waals surface area contributed by atoms with Crippen LogP contribution < -0.4 is 5.32 Å². The molecule has 0 saturated heterocycles. The number of hydrogen-bond donors (Lipinski definition) is 2. The lowest BCUT2D eigenvalue weighted by Crippen LogP contribution is -2.47. The second kappa shape index (κ2) is 8.19. The third-order valence-corrected chi connectivity index (χ3v) is 8.04. The Morgan fingerprint density at radius 2 is 1.71 bits per heavy atom. The molecule has 2 atom stereocenters. The van der Waals surface area contributed by atoms with Gasteiger partial charge in [-0.1, -0.05) is 31.2 Å². The van der Waals surface area contributed by atoms with E-state index in [-0.39, 0.29) is 5.52 Å². The van der Waals surface area contributed by atoms with Crippen molar-refractivity contribution in [2.45, 2.75) is 45.6 Å². The number of nitrogens with one attached hydrogen (secondary N) is 2. The van der Waals surface area contributed by atoms with Crippen LogP contribution in [0.25, 0.3) is 33.5 Å². The normalized spacial score (nSPS) is 24.0. The van der Waals surface area contributed by atoms with Crippen LogP contribution in [-0.4, -0.2) is 21.0 Å². The minimum atomic E-state index is -0.623. The van der Waals surface area contributed by atoms with Crippen molar-refractivity contribution in [1.82, 2.24) is 15.0 Å². The summed E-state index contributed by atoms with van der Waals surface area (Å²) < 4.78 is 28.4. The van der Waals surface area contributed by atoms with Gasteiger partial charge in [-0.2, -0.15) is 0 Å². The van der Waals surface area contributed by atoms with Crippen LogP contribution >= 0.6 is 0 Å². The predicted octanol–water partition coefficient (Wildman–Crippen LogP) is 7.12. The number of H-pyrrole nitrogens is 1. The molecular weight excluding hydrogens is 430 g/mol. The predicted molar refractivity (Wildman–Crippen MR) is 131 cm³/mol. The number of aryl methyl sites for hydroxylation is 1. The number of hydrogen-bond acceptors (Lipinski definition) is 3. The molecule has 3 aliphatic rings. The van der Waals surface area contributed by atoms with Crippen molar-refractivity contribution in [2.75, 3.05) is 5.32 Å². The molecule has 0 unspecified atom stereocenters. The van der Waals surface area contributed by atoms with Gasteiger partial charge in [0.05, 0.1) is 11.2 Å². The number of anilines is 1. The van der Waals surface area contributed by atoms with Gasteiger partial charge in [-0.25, -0.2) is 18.7 Å². The highest BCUT2D eigenvalue weighted by Gasteiger charge is 2.41. The van der Waals surface area contributed by atoms with Gasteiger partial charge in [0.2, 0.25) is 0 Å². The van der Waals surface area contributed by atoms with Crippen molar-refractivity contribution in [1.29, 1.82) is 0 Å². The molecule has 2 aromatic carbocycles. The summed E-state index contributed by atoms with van der Waals surface area (Å²) in [6, 6.07) is 12.7. The van der Waals surface area contributed by atoms with E-state index in [2.05, 4.69) is 30.2 Å². The molecule has 3 aliphatic carbocycles. The van der Waals surface area contributed by atoms with Crippen LogP contribution in [0.1, 0.15) is 38.2 Å². The van der Waals surface area contributed by atoms with Gasteiger partial charge in [-0.05, 0) is 62.0 Å².